The van der Waals surface area contributed by atoms with Crippen LogP contribution in [-0.4, -0.2) is 44.4 Å². The molecule has 1 saturated carbocycles. The molecule has 0 bridgehead atoms. The molecule has 5 nitrogen and oxygen atoms in total. The molecular formula is C21H27ClN4OS. The van der Waals surface area contributed by atoms with Crippen molar-refractivity contribution in [2.45, 2.75) is 56.6 Å². The van der Waals surface area contributed by atoms with Gasteiger partial charge in [0.2, 0.25) is 5.91 Å². The number of likely N-dealkylation sites (tertiary alicyclic amines) is 1. The molecule has 1 aliphatic carbocycles. The summed E-state index contributed by atoms with van der Waals surface area (Å²) in [5.41, 5.74) is 0.909. The van der Waals surface area contributed by atoms with Crippen LogP contribution in [0.2, 0.25) is 5.02 Å². The number of halogens is 1. The summed E-state index contributed by atoms with van der Waals surface area (Å²) in [6, 6.07) is 8.16. The van der Waals surface area contributed by atoms with Crippen molar-refractivity contribution in [3.05, 3.63) is 29.3 Å². The van der Waals surface area contributed by atoms with Crippen LogP contribution in [0.3, 0.4) is 0 Å². The molecule has 1 amide bonds. The van der Waals surface area contributed by atoms with Gasteiger partial charge in [0.05, 0.1) is 10.8 Å². The lowest BCUT2D eigenvalue weighted by Crippen LogP contribution is -2.40. The first-order chi connectivity index (χ1) is 13.6. The topological polar surface area (TPSA) is 51.0 Å². The van der Waals surface area contributed by atoms with Gasteiger partial charge in [-0.15, -0.1) is 10.2 Å². The number of thioether (sulfide) groups is 1. The van der Waals surface area contributed by atoms with Crippen LogP contribution in [0.5, 0.6) is 0 Å². The molecule has 4 rings (SSSR count). The van der Waals surface area contributed by atoms with Gasteiger partial charge in [-0.05, 0) is 43.7 Å². The van der Waals surface area contributed by atoms with E-state index < -0.39 is 0 Å². The van der Waals surface area contributed by atoms with E-state index in [9.17, 15) is 4.79 Å². The normalized spacial score (nSPS) is 20.6. The van der Waals surface area contributed by atoms with Crippen LogP contribution < -0.4 is 0 Å². The van der Waals surface area contributed by atoms with Gasteiger partial charge in [0.1, 0.15) is 0 Å². The molecule has 1 saturated heterocycles. The van der Waals surface area contributed by atoms with E-state index in [1.54, 1.807) is 0 Å². The molecule has 2 fully saturated rings. The van der Waals surface area contributed by atoms with Gasteiger partial charge in [0.25, 0.3) is 0 Å². The number of nitrogens with zero attached hydrogens (tertiary/aromatic N) is 4. The number of carbonyl (C=O) groups is 1. The SMILES string of the molecule is C[C@@H]1CCCN(C(=O)CSc2nnc(-c3ccccc3Cl)n2C2CCCC2)C1. The number of hydrogen-bond donors (Lipinski definition) is 0. The predicted molar refractivity (Wildman–Crippen MR) is 114 cm³/mol. The minimum Gasteiger partial charge on any atom is -0.342 e. The summed E-state index contributed by atoms with van der Waals surface area (Å²) in [5, 5.41) is 10.5. The summed E-state index contributed by atoms with van der Waals surface area (Å²) in [6.07, 6.45) is 7.01. The lowest BCUT2D eigenvalue weighted by molar-refractivity contribution is -0.130. The van der Waals surface area contributed by atoms with E-state index in [1.165, 1.54) is 31.0 Å². The van der Waals surface area contributed by atoms with Gasteiger partial charge in [-0.1, -0.05) is 55.3 Å². The average Bonchev–Trinajstić information content (AvgIpc) is 3.36. The van der Waals surface area contributed by atoms with Gasteiger partial charge >= 0.3 is 0 Å². The van der Waals surface area contributed by atoms with E-state index in [1.807, 2.05) is 29.2 Å². The van der Waals surface area contributed by atoms with E-state index in [2.05, 4.69) is 21.7 Å². The predicted octanol–water partition coefficient (Wildman–Crippen LogP) is 5.06. The van der Waals surface area contributed by atoms with Crippen LogP contribution >= 0.6 is 23.4 Å². The van der Waals surface area contributed by atoms with Gasteiger partial charge in [-0.25, -0.2) is 0 Å². The number of benzene rings is 1. The largest absolute Gasteiger partial charge is 0.342 e. The van der Waals surface area contributed by atoms with Crippen molar-refractivity contribution in [3.63, 3.8) is 0 Å². The number of carbonyl (C=O) groups excluding carboxylic acids is 1. The second-order valence-electron chi connectivity index (χ2n) is 7.97. The molecule has 28 heavy (non-hydrogen) atoms. The molecule has 0 N–H and O–H groups in total. The molecule has 0 spiro atoms. The third-order valence-electron chi connectivity index (χ3n) is 5.80. The second kappa shape index (κ2) is 8.87. The molecule has 7 heteroatoms. The van der Waals surface area contributed by atoms with Crippen molar-refractivity contribution in [1.82, 2.24) is 19.7 Å². The van der Waals surface area contributed by atoms with Crippen molar-refractivity contribution < 1.29 is 4.79 Å². The van der Waals surface area contributed by atoms with Crippen molar-refractivity contribution in [3.8, 4) is 11.4 Å². The lowest BCUT2D eigenvalue weighted by atomic mass is 10.0. The van der Waals surface area contributed by atoms with E-state index in [4.69, 9.17) is 11.6 Å². The first kappa shape index (κ1) is 19.8. The summed E-state index contributed by atoms with van der Waals surface area (Å²) < 4.78 is 2.23. The third-order valence-corrected chi connectivity index (χ3v) is 7.06. The molecule has 0 unspecified atom stereocenters. The Morgan fingerprint density at radius 3 is 2.71 bits per heavy atom. The Hall–Kier alpha value is -1.53. The van der Waals surface area contributed by atoms with E-state index >= 15 is 0 Å². The fourth-order valence-electron chi connectivity index (χ4n) is 4.33. The fourth-order valence-corrected chi connectivity index (χ4v) is 5.46. The summed E-state index contributed by atoms with van der Waals surface area (Å²) in [5.74, 6) is 2.03. The van der Waals surface area contributed by atoms with Gasteiger partial charge in [0, 0.05) is 24.7 Å². The fraction of sp³-hybridized carbons (Fsp3) is 0.571. The van der Waals surface area contributed by atoms with Gasteiger partial charge in [0.15, 0.2) is 11.0 Å². The maximum absolute atomic E-state index is 12.7. The van der Waals surface area contributed by atoms with Crippen LogP contribution in [-0.2, 0) is 4.79 Å². The van der Waals surface area contributed by atoms with Crippen LogP contribution in [0.15, 0.2) is 29.4 Å². The molecule has 2 heterocycles. The summed E-state index contributed by atoms with van der Waals surface area (Å²) in [6.45, 7) is 3.97. The molecule has 1 atom stereocenters. The summed E-state index contributed by atoms with van der Waals surface area (Å²) in [7, 11) is 0. The maximum Gasteiger partial charge on any atom is 0.233 e. The Morgan fingerprint density at radius 2 is 1.96 bits per heavy atom. The number of hydrogen-bond acceptors (Lipinski definition) is 4. The molecule has 2 aromatic rings. The zero-order chi connectivity index (χ0) is 19.5. The van der Waals surface area contributed by atoms with Gasteiger partial charge < -0.3 is 4.90 Å². The smallest absolute Gasteiger partial charge is 0.233 e. The zero-order valence-corrected chi connectivity index (χ0v) is 17.9. The second-order valence-corrected chi connectivity index (χ2v) is 9.32. The van der Waals surface area contributed by atoms with Crippen molar-refractivity contribution in [1.29, 1.82) is 0 Å². The lowest BCUT2D eigenvalue weighted by Gasteiger charge is -2.30. The van der Waals surface area contributed by atoms with E-state index in [0.717, 1.165) is 48.9 Å². The highest BCUT2D eigenvalue weighted by atomic mass is 35.5. The Bertz CT molecular complexity index is 834. The van der Waals surface area contributed by atoms with E-state index in [0.29, 0.717) is 22.7 Å². The minimum atomic E-state index is 0.205. The highest BCUT2D eigenvalue weighted by molar-refractivity contribution is 7.99. The van der Waals surface area contributed by atoms with E-state index in [-0.39, 0.29) is 5.91 Å². The monoisotopic (exact) mass is 418 g/mol. The van der Waals surface area contributed by atoms with Crippen molar-refractivity contribution in [2.75, 3.05) is 18.8 Å². The zero-order valence-electron chi connectivity index (χ0n) is 16.3. The number of piperidine rings is 1. The molecule has 150 valence electrons. The Labute approximate surface area is 175 Å². The summed E-state index contributed by atoms with van der Waals surface area (Å²) >= 11 is 7.95. The van der Waals surface area contributed by atoms with Crippen LogP contribution in [0.25, 0.3) is 11.4 Å². The van der Waals surface area contributed by atoms with Crippen LogP contribution in [0.1, 0.15) is 51.5 Å². The Balaban J connectivity index is 1.55. The molecule has 2 aliphatic rings. The molecule has 0 radical (unpaired) electrons. The Kier molecular flexibility index (Phi) is 6.26. The van der Waals surface area contributed by atoms with Gasteiger partial charge in [-0.3, -0.25) is 9.36 Å². The minimum absolute atomic E-state index is 0.205. The molecule has 1 aliphatic heterocycles. The molecule has 1 aromatic carbocycles. The molecule has 1 aromatic heterocycles. The number of amides is 1. The average molecular weight is 419 g/mol. The highest BCUT2D eigenvalue weighted by Gasteiger charge is 2.27. The van der Waals surface area contributed by atoms with Gasteiger partial charge in [-0.2, -0.15) is 0 Å². The maximum atomic E-state index is 12.7. The Morgan fingerprint density at radius 1 is 1.18 bits per heavy atom. The number of aromatic nitrogens is 3. The number of rotatable bonds is 5. The third kappa shape index (κ3) is 4.23. The highest BCUT2D eigenvalue weighted by Crippen LogP contribution is 2.38. The van der Waals surface area contributed by atoms with Crippen molar-refractivity contribution in [2.24, 2.45) is 5.92 Å². The van der Waals surface area contributed by atoms with Crippen LogP contribution in [0, 0.1) is 5.92 Å². The summed E-state index contributed by atoms with van der Waals surface area (Å²) in [4.78, 5) is 14.7. The van der Waals surface area contributed by atoms with Crippen LogP contribution in [0.4, 0.5) is 0 Å². The first-order valence-electron chi connectivity index (χ1n) is 10.2. The quantitative estimate of drug-likeness (QED) is 0.636. The first-order valence-corrected chi connectivity index (χ1v) is 11.6. The van der Waals surface area contributed by atoms with Crippen molar-refractivity contribution >= 4 is 29.3 Å². The standard InChI is InChI=1S/C21H27ClN4OS/c1-15-7-6-12-25(13-15)19(27)14-28-21-24-23-20(17-10-4-5-11-18(17)22)26(21)16-8-2-3-9-16/h4-5,10-11,15-16H,2-3,6-9,12-14H2,1H3/t15-/m1/s1. The molecular weight excluding hydrogens is 392 g/mol.